The molecule has 29 heavy (non-hydrogen) atoms. The Labute approximate surface area is 173 Å². The van der Waals surface area contributed by atoms with Crippen molar-refractivity contribution in [3.05, 3.63) is 133 Å². The Kier molecular flexibility index (Phi) is 5.89. The van der Waals surface area contributed by atoms with E-state index in [1.165, 1.54) is 21.5 Å². The molecular formula is C27H24NP. The lowest BCUT2D eigenvalue weighted by Gasteiger charge is -2.27. The predicted molar refractivity (Wildman–Crippen MR) is 128 cm³/mol. The van der Waals surface area contributed by atoms with Crippen molar-refractivity contribution in [2.75, 3.05) is 0 Å². The molecule has 0 radical (unpaired) electrons. The molecule has 1 nitrogen and oxygen atoms in total. The van der Waals surface area contributed by atoms with E-state index in [4.69, 9.17) is 4.74 Å². The summed E-state index contributed by atoms with van der Waals surface area (Å²) in [6.07, 6.45) is 2.75. The van der Waals surface area contributed by atoms with Crippen molar-refractivity contribution >= 4 is 28.7 Å². The zero-order chi connectivity index (χ0) is 19.9. The fourth-order valence-corrected chi connectivity index (χ4v) is 7.22. The van der Waals surface area contributed by atoms with Crippen LogP contribution in [0.1, 0.15) is 5.56 Å². The van der Waals surface area contributed by atoms with Crippen molar-refractivity contribution in [2.45, 2.75) is 6.42 Å². The highest BCUT2D eigenvalue weighted by atomic mass is 31.2. The first-order valence-electron chi connectivity index (χ1n) is 9.82. The average Bonchev–Trinajstić information content (AvgIpc) is 2.80. The quantitative estimate of drug-likeness (QED) is 0.272. The van der Waals surface area contributed by atoms with Gasteiger partial charge < -0.3 is 0 Å². The van der Waals surface area contributed by atoms with Crippen molar-refractivity contribution in [1.82, 2.24) is 0 Å². The van der Waals surface area contributed by atoms with E-state index in [1.807, 2.05) is 6.08 Å². The predicted octanol–water partition coefficient (Wildman–Crippen LogP) is 6.22. The van der Waals surface area contributed by atoms with E-state index in [-0.39, 0.29) is 0 Å². The van der Waals surface area contributed by atoms with Crippen LogP contribution in [0.15, 0.2) is 133 Å². The zero-order valence-corrected chi connectivity index (χ0v) is 17.3. The molecule has 0 N–H and O–H groups in total. The Balaban J connectivity index is 2.14. The fourth-order valence-electron chi connectivity index (χ4n) is 3.65. The number of nitrogens with zero attached hydrogens (tertiary/aromatic N) is 1. The Morgan fingerprint density at radius 3 is 1.45 bits per heavy atom. The summed E-state index contributed by atoms with van der Waals surface area (Å²) in [5, 5.41) is 3.77. The highest BCUT2D eigenvalue weighted by Crippen LogP contribution is 2.49. The minimum absolute atomic E-state index is 0.804. The van der Waals surface area contributed by atoms with Crippen LogP contribution in [0.5, 0.6) is 0 Å². The summed E-state index contributed by atoms with van der Waals surface area (Å²) in [5.74, 6) is 0. The first-order valence-corrected chi connectivity index (χ1v) is 11.6. The highest BCUT2D eigenvalue weighted by molar-refractivity contribution is 7.87. The lowest BCUT2D eigenvalue weighted by molar-refractivity contribution is 1.26. The van der Waals surface area contributed by atoms with Gasteiger partial charge in [-0.15, -0.1) is 6.58 Å². The molecule has 0 saturated heterocycles. The molecule has 0 heterocycles. The summed E-state index contributed by atoms with van der Waals surface area (Å²) in [4.78, 5) is 0. The first kappa shape index (κ1) is 19.2. The van der Waals surface area contributed by atoms with Gasteiger partial charge in [0.1, 0.15) is 0 Å². The van der Waals surface area contributed by atoms with Crippen LogP contribution in [0, 0.1) is 0 Å². The van der Waals surface area contributed by atoms with Gasteiger partial charge in [0.2, 0.25) is 0 Å². The van der Waals surface area contributed by atoms with Crippen LogP contribution < -0.4 is 15.9 Å². The van der Waals surface area contributed by atoms with Gasteiger partial charge >= 0.3 is 0 Å². The number of rotatable bonds is 6. The normalized spacial score (nSPS) is 11.0. The van der Waals surface area contributed by atoms with Gasteiger partial charge in [0.05, 0.1) is 12.7 Å². The van der Waals surface area contributed by atoms with Crippen molar-refractivity contribution in [3.8, 4) is 0 Å². The second kappa shape index (κ2) is 8.90. The summed E-state index contributed by atoms with van der Waals surface area (Å²) in [7, 11) is -2.24. The van der Waals surface area contributed by atoms with Crippen LogP contribution in [-0.2, 0) is 6.42 Å². The third kappa shape index (κ3) is 3.88. The van der Waals surface area contributed by atoms with Crippen molar-refractivity contribution in [3.63, 3.8) is 0 Å². The van der Waals surface area contributed by atoms with E-state index < -0.39 is 7.05 Å². The van der Waals surface area contributed by atoms with Crippen molar-refractivity contribution < 1.29 is 0 Å². The summed E-state index contributed by atoms with van der Waals surface area (Å²) in [6, 6.07) is 40.6. The minimum Gasteiger partial charge on any atom is -0.254 e. The van der Waals surface area contributed by atoms with E-state index in [9.17, 15) is 0 Å². The Bertz CT molecular complexity index is 1030. The standard InChI is InChI=1S/C27H24NP/c1-2-14-23-15-12-13-22-27(23)28-29(24-16-6-3-7-17-24,25-18-8-4-9-19-25)26-20-10-5-11-21-26/h2-13,15-22H,1,14H2. The van der Waals surface area contributed by atoms with Crippen LogP contribution in [0.2, 0.25) is 0 Å². The lowest BCUT2D eigenvalue weighted by Crippen LogP contribution is -2.25. The van der Waals surface area contributed by atoms with Gasteiger partial charge in [0.25, 0.3) is 0 Å². The van der Waals surface area contributed by atoms with Crippen molar-refractivity contribution in [1.29, 1.82) is 0 Å². The molecule has 0 aliphatic rings. The van der Waals surface area contributed by atoms with Gasteiger partial charge in [0, 0.05) is 15.9 Å². The zero-order valence-electron chi connectivity index (χ0n) is 16.4. The SMILES string of the molecule is C=CCc1ccccc1N=P(c1ccccc1)(c1ccccc1)c1ccccc1. The summed E-state index contributed by atoms with van der Waals surface area (Å²) in [5.41, 5.74) is 2.24. The Hall–Kier alpha value is -3.15. The first-order chi connectivity index (χ1) is 14.3. The van der Waals surface area contributed by atoms with Crippen LogP contribution in [-0.4, -0.2) is 0 Å². The van der Waals surface area contributed by atoms with Crippen molar-refractivity contribution in [2.24, 2.45) is 4.74 Å². The molecule has 4 aromatic rings. The smallest absolute Gasteiger partial charge is 0.0660 e. The number of hydrogen-bond acceptors (Lipinski definition) is 1. The van der Waals surface area contributed by atoms with Crippen LogP contribution in [0.4, 0.5) is 5.69 Å². The van der Waals surface area contributed by atoms with Gasteiger partial charge in [-0.3, -0.25) is 4.74 Å². The topological polar surface area (TPSA) is 12.4 Å². The maximum Gasteiger partial charge on any atom is 0.0660 e. The summed E-state index contributed by atoms with van der Waals surface area (Å²) in [6.45, 7) is 3.94. The fraction of sp³-hybridized carbons (Fsp3) is 0.0370. The molecule has 142 valence electrons. The van der Waals surface area contributed by atoms with Gasteiger partial charge in [-0.1, -0.05) is 115 Å². The average molecular weight is 393 g/mol. The molecule has 0 unspecified atom stereocenters. The van der Waals surface area contributed by atoms with Gasteiger partial charge in [-0.2, -0.15) is 0 Å². The van der Waals surface area contributed by atoms with Crippen LogP contribution >= 0.6 is 7.05 Å². The van der Waals surface area contributed by atoms with Gasteiger partial charge in [-0.05, 0) is 18.1 Å². The number of allylic oxidation sites excluding steroid dienone is 1. The number of benzene rings is 4. The molecule has 0 spiro atoms. The third-order valence-corrected chi connectivity index (χ3v) is 8.66. The van der Waals surface area contributed by atoms with Gasteiger partial charge in [-0.25, -0.2) is 0 Å². The second-order valence-electron chi connectivity index (χ2n) is 6.86. The van der Waals surface area contributed by atoms with E-state index in [2.05, 4.69) is 122 Å². The second-order valence-corrected chi connectivity index (χ2v) is 9.88. The molecule has 0 aromatic heterocycles. The lowest BCUT2D eigenvalue weighted by atomic mass is 10.1. The van der Waals surface area contributed by atoms with E-state index in [1.54, 1.807) is 0 Å². The molecule has 0 amide bonds. The van der Waals surface area contributed by atoms with E-state index >= 15 is 0 Å². The highest BCUT2D eigenvalue weighted by Gasteiger charge is 2.27. The molecule has 0 saturated carbocycles. The molecule has 0 bridgehead atoms. The third-order valence-electron chi connectivity index (χ3n) is 5.00. The molecule has 0 aliphatic heterocycles. The maximum absolute atomic E-state index is 5.58. The largest absolute Gasteiger partial charge is 0.254 e. The maximum atomic E-state index is 5.58. The monoisotopic (exact) mass is 393 g/mol. The van der Waals surface area contributed by atoms with E-state index in [0.29, 0.717) is 0 Å². The molecule has 2 heteroatoms. The summed E-state index contributed by atoms with van der Waals surface area (Å²) < 4.78 is 5.58. The molecule has 0 fully saturated rings. The molecular weight excluding hydrogens is 369 g/mol. The van der Waals surface area contributed by atoms with Crippen LogP contribution in [0.25, 0.3) is 0 Å². The van der Waals surface area contributed by atoms with E-state index in [0.717, 1.165) is 12.1 Å². The Morgan fingerprint density at radius 2 is 1.00 bits per heavy atom. The molecule has 0 aliphatic carbocycles. The molecule has 4 rings (SSSR count). The summed E-state index contributed by atoms with van der Waals surface area (Å²) >= 11 is 0. The minimum atomic E-state index is -2.24. The van der Waals surface area contributed by atoms with Crippen LogP contribution in [0.3, 0.4) is 0 Å². The number of hydrogen-bond donors (Lipinski definition) is 0. The van der Waals surface area contributed by atoms with Gasteiger partial charge in [0.15, 0.2) is 0 Å². The molecule has 4 aromatic carbocycles. The molecule has 0 atom stereocenters. The Morgan fingerprint density at radius 1 is 0.586 bits per heavy atom.